The minimum atomic E-state index is -0.520. The van der Waals surface area contributed by atoms with Gasteiger partial charge in [0.25, 0.3) is 0 Å². The molecule has 2 N–H and O–H groups in total. The molecule has 9 nitrogen and oxygen atoms in total. The van der Waals surface area contributed by atoms with Gasteiger partial charge >= 0.3 is 5.97 Å². The molecule has 184 valence electrons. The lowest BCUT2D eigenvalue weighted by Crippen LogP contribution is -2.36. The summed E-state index contributed by atoms with van der Waals surface area (Å²) >= 11 is 1.24. The number of nitrogens with zero attached hydrogens (tertiary/aromatic N) is 2. The van der Waals surface area contributed by atoms with E-state index in [2.05, 4.69) is 15.6 Å². The lowest BCUT2D eigenvalue weighted by atomic mass is 10.0. The monoisotopic (exact) mass is 496 g/mol. The molecular weight excluding hydrogens is 468 g/mol. The smallest absolute Gasteiger partial charge is 0.341 e. The minimum Gasteiger partial charge on any atom is -0.497 e. The van der Waals surface area contributed by atoms with E-state index >= 15 is 0 Å². The summed E-state index contributed by atoms with van der Waals surface area (Å²) in [7, 11) is 3.24. The molecule has 1 aromatic carbocycles. The van der Waals surface area contributed by atoms with Gasteiger partial charge in [-0.1, -0.05) is 18.2 Å². The highest BCUT2D eigenvalue weighted by molar-refractivity contribution is 7.15. The number of aryl methyl sites for hydroxylation is 1. The second-order valence-electron chi connectivity index (χ2n) is 7.74. The van der Waals surface area contributed by atoms with Crippen molar-refractivity contribution in [3.05, 3.63) is 59.1 Å². The van der Waals surface area contributed by atoms with Crippen molar-refractivity contribution >= 4 is 39.9 Å². The van der Waals surface area contributed by atoms with E-state index in [9.17, 15) is 14.4 Å². The number of ether oxygens (including phenoxy) is 2. The van der Waals surface area contributed by atoms with Crippen molar-refractivity contribution < 1.29 is 23.9 Å². The Morgan fingerprint density at radius 2 is 1.71 bits per heavy atom. The Kier molecular flexibility index (Phi) is 8.93. The van der Waals surface area contributed by atoms with Gasteiger partial charge < -0.3 is 20.1 Å². The summed E-state index contributed by atoms with van der Waals surface area (Å²) in [6, 6.07) is 12.6. The van der Waals surface area contributed by atoms with Gasteiger partial charge in [-0.15, -0.1) is 11.3 Å². The van der Waals surface area contributed by atoms with Crippen LogP contribution in [0.25, 0.3) is 11.1 Å². The maximum absolute atomic E-state index is 12.7. The zero-order valence-electron chi connectivity index (χ0n) is 20.1. The SMILES string of the molecule is CCOC(=O)c1c(-c2ccc(OC)cc2)csc1NC(=O)CN(C)CC(=O)Nc1cccc(C)n1. The van der Waals surface area contributed by atoms with Crippen molar-refractivity contribution in [2.75, 3.05) is 44.5 Å². The summed E-state index contributed by atoms with van der Waals surface area (Å²) in [4.78, 5) is 43.6. The third-order valence-electron chi connectivity index (χ3n) is 4.91. The van der Waals surface area contributed by atoms with Gasteiger partial charge in [0, 0.05) is 16.6 Å². The fraction of sp³-hybridized carbons (Fsp3) is 0.280. The number of hydrogen-bond donors (Lipinski definition) is 2. The average molecular weight is 497 g/mol. The number of benzene rings is 1. The predicted octanol–water partition coefficient (Wildman–Crippen LogP) is 3.81. The Labute approximate surface area is 208 Å². The predicted molar refractivity (Wildman–Crippen MR) is 136 cm³/mol. The first-order valence-electron chi connectivity index (χ1n) is 11.0. The van der Waals surface area contributed by atoms with Gasteiger partial charge in [-0.05, 0) is 50.7 Å². The van der Waals surface area contributed by atoms with E-state index in [0.29, 0.717) is 27.7 Å². The van der Waals surface area contributed by atoms with E-state index in [1.807, 2.05) is 25.1 Å². The minimum absolute atomic E-state index is 0.00465. The molecule has 3 aromatic rings. The van der Waals surface area contributed by atoms with Crippen molar-refractivity contribution in [2.45, 2.75) is 13.8 Å². The van der Waals surface area contributed by atoms with Crippen LogP contribution >= 0.6 is 11.3 Å². The summed E-state index contributed by atoms with van der Waals surface area (Å²) in [5, 5.41) is 7.70. The maximum atomic E-state index is 12.7. The van der Waals surface area contributed by atoms with E-state index < -0.39 is 5.97 Å². The van der Waals surface area contributed by atoms with Crippen molar-refractivity contribution in [3.8, 4) is 16.9 Å². The zero-order valence-corrected chi connectivity index (χ0v) is 20.9. The number of methoxy groups -OCH3 is 1. The van der Waals surface area contributed by atoms with E-state index in [-0.39, 0.29) is 31.5 Å². The second kappa shape index (κ2) is 12.1. The molecule has 35 heavy (non-hydrogen) atoms. The fourth-order valence-corrected chi connectivity index (χ4v) is 4.32. The van der Waals surface area contributed by atoms with E-state index in [0.717, 1.165) is 11.3 Å². The summed E-state index contributed by atoms with van der Waals surface area (Å²) < 4.78 is 10.4. The number of pyridine rings is 1. The van der Waals surface area contributed by atoms with Crippen molar-refractivity contribution in [1.82, 2.24) is 9.88 Å². The number of likely N-dealkylation sites (N-methyl/N-ethyl adjacent to an activating group) is 1. The molecule has 2 amide bonds. The molecule has 0 atom stereocenters. The van der Waals surface area contributed by atoms with Gasteiger partial charge in [-0.3, -0.25) is 14.5 Å². The maximum Gasteiger partial charge on any atom is 0.341 e. The van der Waals surface area contributed by atoms with Crippen molar-refractivity contribution in [1.29, 1.82) is 0 Å². The van der Waals surface area contributed by atoms with Crippen LogP contribution in [0, 0.1) is 6.92 Å². The molecule has 0 radical (unpaired) electrons. The highest BCUT2D eigenvalue weighted by Gasteiger charge is 2.23. The van der Waals surface area contributed by atoms with Crippen LogP contribution in [-0.4, -0.2) is 61.5 Å². The van der Waals surface area contributed by atoms with Crippen LogP contribution < -0.4 is 15.4 Å². The lowest BCUT2D eigenvalue weighted by molar-refractivity contribution is -0.119. The van der Waals surface area contributed by atoms with Crippen LogP contribution in [0.5, 0.6) is 5.75 Å². The first-order valence-corrected chi connectivity index (χ1v) is 11.8. The molecule has 0 saturated carbocycles. The molecule has 0 saturated heterocycles. The standard InChI is InChI=1S/C25H28N4O5S/c1-5-34-25(32)23-19(17-9-11-18(33-4)12-10-17)15-35-24(23)28-22(31)14-29(3)13-21(30)27-20-8-6-7-16(2)26-20/h6-12,15H,5,13-14H2,1-4H3,(H,28,31)(H,26,27,30). The van der Waals surface area contributed by atoms with Crippen LogP contribution in [0.4, 0.5) is 10.8 Å². The number of nitrogens with one attached hydrogen (secondary N) is 2. The first-order chi connectivity index (χ1) is 16.8. The number of thiophene rings is 1. The Morgan fingerprint density at radius 1 is 1.03 bits per heavy atom. The molecule has 0 aliphatic rings. The molecular formula is C25H28N4O5S. The molecule has 0 bridgehead atoms. The summed E-state index contributed by atoms with van der Waals surface area (Å²) in [5.41, 5.74) is 2.54. The topological polar surface area (TPSA) is 110 Å². The third-order valence-corrected chi connectivity index (χ3v) is 5.80. The molecule has 2 aromatic heterocycles. The van der Waals surface area contributed by atoms with E-state index in [1.54, 1.807) is 55.6 Å². The van der Waals surface area contributed by atoms with Crippen molar-refractivity contribution in [3.63, 3.8) is 0 Å². The number of rotatable bonds is 10. The molecule has 2 heterocycles. The van der Waals surface area contributed by atoms with E-state index in [4.69, 9.17) is 9.47 Å². The Hall–Kier alpha value is -3.76. The second-order valence-corrected chi connectivity index (χ2v) is 8.61. The highest BCUT2D eigenvalue weighted by Crippen LogP contribution is 2.36. The van der Waals surface area contributed by atoms with Crippen LogP contribution in [-0.2, 0) is 14.3 Å². The summed E-state index contributed by atoms with van der Waals surface area (Å²) in [5.74, 6) is -0.0172. The summed E-state index contributed by atoms with van der Waals surface area (Å²) in [6.07, 6.45) is 0. The molecule has 3 rings (SSSR count). The van der Waals surface area contributed by atoms with Gasteiger partial charge in [0.05, 0.1) is 26.8 Å². The van der Waals surface area contributed by atoms with Crippen LogP contribution in [0.3, 0.4) is 0 Å². The Balaban J connectivity index is 1.67. The first kappa shape index (κ1) is 25.9. The van der Waals surface area contributed by atoms with Gasteiger partial charge in [0.15, 0.2) is 0 Å². The normalized spacial score (nSPS) is 10.7. The molecule has 10 heteroatoms. The largest absolute Gasteiger partial charge is 0.497 e. The number of esters is 1. The molecule has 0 aliphatic carbocycles. The number of amides is 2. The number of hydrogen-bond acceptors (Lipinski definition) is 8. The molecule has 0 spiro atoms. The number of aromatic nitrogens is 1. The van der Waals surface area contributed by atoms with Crippen LogP contribution in [0.1, 0.15) is 23.0 Å². The number of anilines is 2. The van der Waals surface area contributed by atoms with Gasteiger partial charge in [-0.2, -0.15) is 0 Å². The average Bonchev–Trinajstić information content (AvgIpc) is 3.22. The zero-order chi connectivity index (χ0) is 25.4. The third kappa shape index (κ3) is 7.11. The van der Waals surface area contributed by atoms with E-state index in [1.165, 1.54) is 11.3 Å². The number of carbonyl (C=O) groups excluding carboxylic acids is 3. The molecule has 0 unspecified atom stereocenters. The summed E-state index contributed by atoms with van der Waals surface area (Å²) in [6.45, 7) is 3.71. The van der Waals surface area contributed by atoms with Crippen LogP contribution in [0.2, 0.25) is 0 Å². The quantitative estimate of drug-likeness (QED) is 0.411. The molecule has 0 aliphatic heterocycles. The molecule has 0 fully saturated rings. The Morgan fingerprint density at radius 3 is 2.34 bits per heavy atom. The Bertz CT molecular complexity index is 1190. The van der Waals surface area contributed by atoms with Gasteiger partial charge in [-0.25, -0.2) is 9.78 Å². The van der Waals surface area contributed by atoms with Crippen molar-refractivity contribution in [2.24, 2.45) is 0 Å². The van der Waals surface area contributed by atoms with Gasteiger partial charge in [0.1, 0.15) is 22.1 Å². The fourth-order valence-electron chi connectivity index (χ4n) is 3.35. The number of carbonyl (C=O) groups is 3. The van der Waals surface area contributed by atoms with Crippen LogP contribution in [0.15, 0.2) is 47.8 Å². The highest BCUT2D eigenvalue weighted by atomic mass is 32.1. The lowest BCUT2D eigenvalue weighted by Gasteiger charge is -2.16. The van der Waals surface area contributed by atoms with Gasteiger partial charge in [0.2, 0.25) is 11.8 Å².